The second kappa shape index (κ2) is 8.35. The summed E-state index contributed by atoms with van der Waals surface area (Å²) in [6, 6.07) is 6.66. The van der Waals surface area contributed by atoms with Crippen molar-refractivity contribution in [3.63, 3.8) is 0 Å². The predicted octanol–water partition coefficient (Wildman–Crippen LogP) is 3.96. The molecular weight excluding hydrogens is 350 g/mol. The van der Waals surface area contributed by atoms with Crippen LogP contribution in [0, 0.1) is 0 Å². The molecule has 3 aromatic rings. The Labute approximate surface area is 166 Å². The molecule has 0 bridgehead atoms. The first kappa shape index (κ1) is 19.0. The van der Waals surface area contributed by atoms with Crippen molar-refractivity contribution < 1.29 is 4.74 Å². The van der Waals surface area contributed by atoms with Crippen LogP contribution >= 0.6 is 0 Å². The maximum Gasteiger partial charge on any atom is 0.152 e. The molecule has 0 saturated carbocycles. The van der Waals surface area contributed by atoms with Crippen molar-refractivity contribution >= 4 is 27.8 Å². The molecule has 6 heteroatoms. The Morgan fingerprint density at radius 3 is 2.96 bits per heavy atom. The summed E-state index contributed by atoms with van der Waals surface area (Å²) in [5, 5.41) is 4.63. The molecule has 2 aromatic heterocycles. The van der Waals surface area contributed by atoms with Crippen molar-refractivity contribution in [1.82, 2.24) is 19.9 Å². The van der Waals surface area contributed by atoms with E-state index in [0.717, 1.165) is 72.3 Å². The third-order valence-electron chi connectivity index (χ3n) is 5.80. The van der Waals surface area contributed by atoms with Crippen LogP contribution in [-0.4, -0.2) is 33.7 Å². The van der Waals surface area contributed by atoms with Gasteiger partial charge in [-0.05, 0) is 50.4 Å². The summed E-state index contributed by atoms with van der Waals surface area (Å²) < 4.78 is 8.25. The van der Waals surface area contributed by atoms with Gasteiger partial charge in [0, 0.05) is 24.9 Å². The number of nitrogens with one attached hydrogen (secondary N) is 1. The van der Waals surface area contributed by atoms with Crippen molar-refractivity contribution in [2.24, 2.45) is 7.05 Å². The Hall–Kier alpha value is -2.34. The Morgan fingerprint density at radius 1 is 1.29 bits per heavy atom. The number of nitrogen functional groups attached to an aromatic ring is 1. The van der Waals surface area contributed by atoms with E-state index in [1.54, 1.807) is 0 Å². The number of rotatable bonds is 7. The zero-order chi connectivity index (χ0) is 19.5. The monoisotopic (exact) mass is 381 g/mol. The first-order valence-corrected chi connectivity index (χ1v) is 10.6. The van der Waals surface area contributed by atoms with Crippen molar-refractivity contribution in [3.05, 3.63) is 24.0 Å². The fourth-order valence-electron chi connectivity index (χ4n) is 4.15. The van der Waals surface area contributed by atoms with Crippen LogP contribution in [0.2, 0.25) is 0 Å². The van der Waals surface area contributed by atoms with Gasteiger partial charge in [0.05, 0.1) is 17.6 Å². The molecule has 1 aliphatic heterocycles. The van der Waals surface area contributed by atoms with E-state index < -0.39 is 0 Å². The first-order chi connectivity index (χ1) is 13.7. The number of hydrogen-bond acceptors (Lipinski definition) is 5. The molecule has 6 nitrogen and oxygen atoms in total. The first-order valence-electron chi connectivity index (χ1n) is 10.6. The van der Waals surface area contributed by atoms with Gasteiger partial charge >= 0.3 is 0 Å². The molecule has 0 radical (unpaired) electrons. The molecule has 0 aliphatic carbocycles. The average Bonchev–Trinajstić information content (AvgIpc) is 3.05. The summed E-state index contributed by atoms with van der Waals surface area (Å²) in [5.41, 5.74) is 8.94. The van der Waals surface area contributed by atoms with Gasteiger partial charge in [-0.25, -0.2) is 9.97 Å². The molecule has 1 fully saturated rings. The molecule has 1 unspecified atom stereocenters. The van der Waals surface area contributed by atoms with E-state index in [2.05, 4.69) is 34.9 Å². The van der Waals surface area contributed by atoms with Crippen LogP contribution in [0.5, 0.6) is 5.75 Å². The number of piperidine rings is 1. The number of hydrogen-bond donors (Lipinski definition) is 2. The van der Waals surface area contributed by atoms with E-state index >= 15 is 0 Å². The van der Waals surface area contributed by atoms with Crippen molar-refractivity contribution in [1.29, 1.82) is 0 Å². The Kier molecular flexibility index (Phi) is 5.67. The zero-order valence-electron chi connectivity index (χ0n) is 17.0. The van der Waals surface area contributed by atoms with Crippen LogP contribution in [0.15, 0.2) is 18.2 Å². The molecule has 1 aliphatic rings. The van der Waals surface area contributed by atoms with Crippen LogP contribution in [-0.2, 0) is 13.5 Å². The van der Waals surface area contributed by atoms with E-state index in [4.69, 9.17) is 15.5 Å². The Balaban J connectivity index is 1.60. The van der Waals surface area contributed by atoms with Gasteiger partial charge in [0.15, 0.2) is 5.82 Å². The van der Waals surface area contributed by atoms with Crippen LogP contribution in [0.1, 0.15) is 51.3 Å². The number of nitrogens with two attached hydrogens (primary N) is 1. The van der Waals surface area contributed by atoms with Crippen LogP contribution in [0.4, 0.5) is 5.82 Å². The number of unbranched alkanes of at least 4 members (excludes halogenated alkanes) is 1. The molecule has 150 valence electrons. The Morgan fingerprint density at radius 2 is 2.18 bits per heavy atom. The number of aromatic nitrogens is 3. The van der Waals surface area contributed by atoms with E-state index in [-0.39, 0.29) is 0 Å². The maximum atomic E-state index is 6.21. The van der Waals surface area contributed by atoms with Gasteiger partial charge in [-0.2, -0.15) is 0 Å². The molecule has 1 saturated heterocycles. The van der Waals surface area contributed by atoms with Gasteiger partial charge in [0.1, 0.15) is 17.1 Å². The van der Waals surface area contributed by atoms with Crippen LogP contribution in [0.3, 0.4) is 0 Å². The third-order valence-corrected chi connectivity index (χ3v) is 5.80. The molecule has 0 amide bonds. The van der Waals surface area contributed by atoms with E-state index in [1.165, 1.54) is 19.3 Å². The fourth-order valence-corrected chi connectivity index (χ4v) is 4.15. The summed E-state index contributed by atoms with van der Waals surface area (Å²) in [5.74, 6) is 2.44. The molecule has 1 atom stereocenters. The summed E-state index contributed by atoms with van der Waals surface area (Å²) in [7, 11) is 2.07. The van der Waals surface area contributed by atoms with Crippen molar-refractivity contribution in [3.8, 4) is 5.75 Å². The van der Waals surface area contributed by atoms with E-state index in [0.29, 0.717) is 11.9 Å². The molecule has 3 N–H and O–H groups in total. The second-order valence-electron chi connectivity index (χ2n) is 7.85. The lowest BCUT2D eigenvalue weighted by molar-refractivity contribution is 0.268. The summed E-state index contributed by atoms with van der Waals surface area (Å²) in [6.45, 7) is 4.05. The number of pyridine rings is 1. The lowest BCUT2D eigenvalue weighted by Crippen LogP contribution is -2.35. The molecule has 0 spiro atoms. The van der Waals surface area contributed by atoms with Gasteiger partial charge in [0.2, 0.25) is 0 Å². The minimum Gasteiger partial charge on any atom is -0.494 e. The molecule has 4 rings (SSSR count). The maximum absolute atomic E-state index is 6.21. The minimum atomic E-state index is 0.498. The number of fused-ring (bicyclic) bond motifs is 3. The topological polar surface area (TPSA) is 78.0 Å². The fraction of sp³-hybridized carbons (Fsp3) is 0.545. The predicted molar refractivity (Wildman–Crippen MR) is 115 cm³/mol. The summed E-state index contributed by atoms with van der Waals surface area (Å²) >= 11 is 0. The van der Waals surface area contributed by atoms with Gasteiger partial charge < -0.3 is 20.4 Å². The number of imidazole rings is 1. The number of aryl methyl sites for hydroxylation is 2. The SMILES string of the molecule is CCCCc1nc2c(N)nc3ccc(OCCC4CCCCN4)cc3c2n1C. The highest BCUT2D eigenvalue weighted by molar-refractivity contribution is 6.07. The number of nitrogens with zero attached hydrogens (tertiary/aromatic N) is 3. The largest absolute Gasteiger partial charge is 0.494 e. The molecule has 3 heterocycles. The van der Waals surface area contributed by atoms with E-state index in [1.807, 2.05) is 12.1 Å². The smallest absolute Gasteiger partial charge is 0.152 e. The van der Waals surface area contributed by atoms with Crippen LogP contribution in [0.25, 0.3) is 21.9 Å². The third kappa shape index (κ3) is 3.78. The molecular formula is C22H31N5O. The van der Waals surface area contributed by atoms with Crippen LogP contribution < -0.4 is 15.8 Å². The summed E-state index contributed by atoms with van der Waals surface area (Å²) in [6.07, 6.45) is 8.12. The van der Waals surface area contributed by atoms with E-state index in [9.17, 15) is 0 Å². The second-order valence-corrected chi connectivity index (χ2v) is 7.85. The standard InChI is InChI=1S/C22H31N5O/c1-3-4-8-19-26-20-21(27(19)2)17-14-16(9-10-18(17)25-22(20)23)28-13-11-15-7-5-6-12-24-15/h9-10,14-15,24H,3-8,11-13H2,1-2H3,(H2,23,25). The lowest BCUT2D eigenvalue weighted by Gasteiger charge is -2.23. The van der Waals surface area contributed by atoms with Gasteiger partial charge in [-0.15, -0.1) is 0 Å². The van der Waals surface area contributed by atoms with Gasteiger partial charge in [0.25, 0.3) is 0 Å². The number of anilines is 1. The van der Waals surface area contributed by atoms with Gasteiger partial charge in [-0.1, -0.05) is 19.8 Å². The zero-order valence-corrected chi connectivity index (χ0v) is 17.0. The normalized spacial score (nSPS) is 17.4. The summed E-state index contributed by atoms with van der Waals surface area (Å²) in [4.78, 5) is 9.35. The van der Waals surface area contributed by atoms with Crippen molar-refractivity contribution in [2.45, 2.75) is 57.9 Å². The number of benzene rings is 1. The Bertz CT molecular complexity index is 959. The highest BCUT2D eigenvalue weighted by Gasteiger charge is 2.16. The van der Waals surface area contributed by atoms with Gasteiger partial charge in [-0.3, -0.25) is 0 Å². The molecule has 28 heavy (non-hydrogen) atoms. The molecule has 1 aromatic carbocycles. The quantitative estimate of drug-likeness (QED) is 0.648. The van der Waals surface area contributed by atoms with Crippen molar-refractivity contribution in [2.75, 3.05) is 18.9 Å². The number of ether oxygens (including phenoxy) is 1. The lowest BCUT2D eigenvalue weighted by atomic mass is 10.0. The highest BCUT2D eigenvalue weighted by atomic mass is 16.5. The highest BCUT2D eigenvalue weighted by Crippen LogP contribution is 2.31. The minimum absolute atomic E-state index is 0.498. The average molecular weight is 382 g/mol.